The molecule has 0 bridgehead atoms. The Balaban J connectivity index is 1.63. The fourth-order valence-corrected chi connectivity index (χ4v) is 4.28. The first-order valence-corrected chi connectivity index (χ1v) is 10.4. The number of aryl methyl sites for hydroxylation is 1. The number of thiophene rings is 1. The number of rotatable bonds is 7. The van der Waals surface area contributed by atoms with Crippen LogP contribution in [0.3, 0.4) is 0 Å². The van der Waals surface area contributed by atoms with Gasteiger partial charge >= 0.3 is 5.97 Å². The standard InChI is InChI=1S/C23H22N2O2S/c1-2-3-8-21-24-22-20(13-14-28-22)25(21)15-16-9-11-17(12-10-16)18-6-4-5-7-19(18)23(26)27/h4-7,9-14H,2-3,8,15H2,1H3,(H,26,27). The van der Waals surface area contributed by atoms with Crippen LogP contribution in [0.15, 0.2) is 60.0 Å². The lowest BCUT2D eigenvalue weighted by Crippen LogP contribution is -2.05. The summed E-state index contributed by atoms with van der Waals surface area (Å²) in [5, 5.41) is 11.5. The lowest BCUT2D eigenvalue weighted by Gasteiger charge is -2.11. The molecule has 0 atom stereocenters. The largest absolute Gasteiger partial charge is 0.478 e. The van der Waals surface area contributed by atoms with Crippen molar-refractivity contribution in [2.75, 3.05) is 0 Å². The molecule has 4 aromatic rings. The van der Waals surface area contributed by atoms with E-state index < -0.39 is 5.97 Å². The minimum atomic E-state index is -0.904. The van der Waals surface area contributed by atoms with Crippen LogP contribution in [0.1, 0.15) is 41.5 Å². The summed E-state index contributed by atoms with van der Waals surface area (Å²) in [4.78, 5) is 17.4. The molecule has 0 aliphatic heterocycles. The van der Waals surface area contributed by atoms with Crippen LogP contribution < -0.4 is 0 Å². The van der Waals surface area contributed by atoms with Crippen molar-refractivity contribution in [1.82, 2.24) is 9.55 Å². The molecule has 0 amide bonds. The predicted molar refractivity (Wildman–Crippen MR) is 114 cm³/mol. The Morgan fingerprint density at radius 1 is 1.11 bits per heavy atom. The van der Waals surface area contributed by atoms with Crippen molar-refractivity contribution >= 4 is 27.7 Å². The summed E-state index contributed by atoms with van der Waals surface area (Å²) >= 11 is 1.68. The molecule has 4 nitrogen and oxygen atoms in total. The number of carboxylic acid groups (broad SMARTS) is 1. The van der Waals surface area contributed by atoms with E-state index in [0.717, 1.165) is 47.6 Å². The SMILES string of the molecule is CCCCc1nc2sccc2n1Cc1ccc(-c2ccccc2C(=O)O)cc1. The average Bonchev–Trinajstić information content (AvgIpc) is 3.29. The number of carboxylic acids is 1. The van der Waals surface area contributed by atoms with Crippen molar-refractivity contribution in [2.45, 2.75) is 32.7 Å². The molecule has 0 saturated carbocycles. The van der Waals surface area contributed by atoms with E-state index in [1.807, 2.05) is 24.3 Å². The molecule has 28 heavy (non-hydrogen) atoms. The van der Waals surface area contributed by atoms with Gasteiger partial charge in [-0.2, -0.15) is 0 Å². The van der Waals surface area contributed by atoms with E-state index in [1.165, 1.54) is 11.1 Å². The first-order valence-electron chi connectivity index (χ1n) is 9.51. The van der Waals surface area contributed by atoms with Gasteiger partial charge in [0.05, 0.1) is 11.1 Å². The van der Waals surface area contributed by atoms with E-state index >= 15 is 0 Å². The highest BCUT2D eigenvalue weighted by atomic mass is 32.1. The van der Waals surface area contributed by atoms with Gasteiger partial charge in [-0.3, -0.25) is 0 Å². The van der Waals surface area contributed by atoms with Crippen LogP contribution in [-0.4, -0.2) is 20.6 Å². The first kappa shape index (κ1) is 18.4. The van der Waals surface area contributed by atoms with Crippen molar-refractivity contribution in [3.63, 3.8) is 0 Å². The first-order chi connectivity index (χ1) is 13.7. The van der Waals surface area contributed by atoms with Crippen molar-refractivity contribution in [3.8, 4) is 11.1 Å². The van der Waals surface area contributed by atoms with Crippen LogP contribution in [0.25, 0.3) is 21.5 Å². The topological polar surface area (TPSA) is 55.1 Å². The molecule has 1 N–H and O–H groups in total. The van der Waals surface area contributed by atoms with Gasteiger partial charge in [0.1, 0.15) is 10.7 Å². The number of hydrogen-bond acceptors (Lipinski definition) is 3. The van der Waals surface area contributed by atoms with Crippen molar-refractivity contribution < 1.29 is 9.90 Å². The van der Waals surface area contributed by atoms with Crippen LogP contribution in [0.4, 0.5) is 0 Å². The average molecular weight is 391 g/mol. The highest BCUT2D eigenvalue weighted by molar-refractivity contribution is 7.16. The van der Waals surface area contributed by atoms with Gasteiger partial charge < -0.3 is 9.67 Å². The molecule has 5 heteroatoms. The van der Waals surface area contributed by atoms with Crippen molar-refractivity contribution in [1.29, 1.82) is 0 Å². The van der Waals surface area contributed by atoms with Crippen LogP contribution in [0.2, 0.25) is 0 Å². The number of hydrogen-bond donors (Lipinski definition) is 1. The van der Waals surface area contributed by atoms with Crippen LogP contribution in [0, 0.1) is 0 Å². The molecule has 4 rings (SSSR count). The predicted octanol–water partition coefficient (Wildman–Crippen LogP) is 5.85. The summed E-state index contributed by atoms with van der Waals surface area (Å²) in [6.45, 7) is 2.97. The van der Waals surface area contributed by atoms with Crippen LogP contribution in [0.5, 0.6) is 0 Å². The van der Waals surface area contributed by atoms with Gasteiger partial charge in [0, 0.05) is 13.0 Å². The molecule has 0 saturated heterocycles. The van der Waals surface area contributed by atoms with E-state index in [4.69, 9.17) is 4.98 Å². The Bertz CT molecular complexity index is 1110. The van der Waals surface area contributed by atoms with E-state index in [0.29, 0.717) is 5.56 Å². The van der Waals surface area contributed by atoms with E-state index in [9.17, 15) is 9.90 Å². The normalized spacial score (nSPS) is 11.2. The fraction of sp³-hybridized carbons (Fsp3) is 0.217. The molecule has 2 aromatic carbocycles. The Morgan fingerprint density at radius 3 is 2.64 bits per heavy atom. The maximum absolute atomic E-state index is 11.5. The maximum Gasteiger partial charge on any atom is 0.336 e. The minimum Gasteiger partial charge on any atom is -0.478 e. The Labute approximate surface area is 168 Å². The van der Waals surface area contributed by atoms with Crippen molar-refractivity contribution in [2.24, 2.45) is 0 Å². The third kappa shape index (κ3) is 3.58. The maximum atomic E-state index is 11.5. The number of imidazole rings is 1. The van der Waals surface area contributed by atoms with Gasteiger partial charge in [0.2, 0.25) is 0 Å². The number of benzene rings is 2. The molecule has 0 aliphatic rings. The summed E-state index contributed by atoms with van der Waals surface area (Å²) in [6, 6.07) is 17.4. The zero-order chi connectivity index (χ0) is 19.5. The third-order valence-corrected chi connectivity index (χ3v) is 5.77. The molecular weight excluding hydrogens is 368 g/mol. The molecule has 0 fully saturated rings. The molecule has 0 aliphatic carbocycles. The van der Waals surface area contributed by atoms with Crippen LogP contribution in [-0.2, 0) is 13.0 Å². The Kier molecular flexibility index (Phi) is 5.26. The lowest BCUT2D eigenvalue weighted by molar-refractivity contribution is 0.0697. The summed E-state index contributed by atoms with van der Waals surface area (Å²) in [7, 11) is 0. The number of fused-ring (bicyclic) bond motifs is 1. The van der Waals surface area contributed by atoms with Gasteiger partial charge in [-0.25, -0.2) is 9.78 Å². The van der Waals surface area contributed by atoms with E-state index in [1.54, 1.807) is 23.5 Å². The highest BCUT2D eigenvalue weighted by Crippen LogP contribution is 2.26. The quantitative estimate of drug-likeness (QED) is 0.430. The van der Waals surface area contributed by atoms with Crippen molar-refractivity contribution in [3.05, 3.63) is 76.9 Å². The number of carbonyl (C=O) groups is 1. The number of aromatic nitrogens is 2. The number of aromatic carboxylic acids is 1. The lowest BCUT2D eigenvalue weighted by atomic mass is 9.99. The second-order valence-corrected chi connectivity index (χ2v) is 7.77. The third-order valence-electron chi connectivity index (χ3n) is 4.97. The van der Waals surface area contributed by atoms with Gasteiger partial charge in [0.25, 0.3) is 0 Å². The molecular formula is C23H22N2O2S. The highest BCUT2D eigenvalue weighted by Gasteiger charge is 2.13. The minimum absolute atomic E-state index is 0.326. The fourth-order valence-electron chi connectivity index (χ4n) is 3.50. The zero-order valence-electron chi connectivity index (χ0n) is 15.8. The number of unbranched alkanes of at least 4 members (excludes halogenated alkanes) is 1. The molecule has 2 heterocycles. The molecule has 0 spiro atoms. The molecule has 0 radical (unpaired) electrons. The summed E-state index contributed by atoms with van der Waals surface area (Å²) < 4.78 is 2.31. The second kappa shape index (κ2) is 7.98. The van der Waals surface area contributed by atoms with E-state index in [2.05, 4.69) is 35.1 Å². The van der Waals surface area contributed by atoms with Gasteiger partial charge in [-0.15, -0.1) is 11.3 Å². The summed E-state index contributed by atoms with van der Waals surface area (Å²) in [5.41, 5.74) is 4.36. The Hall–Kier alpha value is -2.92. The molecule has 142 valence electrons. The van der Waals surface area contributed by atoms with Gasteiger partial charge in [0.15, 0.2) is 0 Å². The van der Waals surface area contributed by atoms with Gasteiger partial charge in [-0.05, 0) is 40.6 Å². The van der Waals surface area contributed by atoms with Crippen LogP contribution >= 0.6 is 11.3 Å². The zero-order valence-corrected chi connectivity index (χ0v) is 16.6. The summed E-state index contributed by atoms with van der Waals surface area (Å²) in [6.07, 6.45) is 3.27. The molecule has 0 unspecified atom stereocenters. The monoisotopic (exact) mass is 390 g/mol. The number of nitrogens with zero attached hydrogens (tertiary/aromatic N) is 2. The van der Waals surface area contributed by atoms with Gasteiger partial charge in [-0.1, -0.05) is 55.8 Å². The van der Waals surface area contributed by atoms with E-state index in [-0.39, 0.29) is 0 Å². The Morgan fingerprint density at radius 2 is 1.89 bits per heavy atom. The molecule has 2 aromatic heterocycles. The smallest absolute Gasteiger partial charge is 0.336 e. The second-order valence-electron chi connectivity index (χ2n) is 6.88. The summed E-state index contributed by atoms with van der Waals surface area (Å²) in [5.74, 6) is 0.238.